The van der Waals surface area contributed by atoms with Crippen molar-refractivity contribution in [1.82, 2.24) is 5.32 Å². The molecule has 0 saturated heterocycles. The number of hydrogen-bond acceptors (Lipinski definition) is 3. The van der Waals surface area contributed by atoms with Crippen molar-refractivity contribution in [3.05, 3.63) is 39.9 Å². The molecule has 0 fully saturated rings. The fourth-order valence-electron chi connectivity index (χ4n) is 2.87. The quantitative estimate of drug-likeness (QED) is 0.564. The molecule has 0 amide bonds. The molecule has 0 radical (unpaired) electrons. The monoisotopic (exact) mass is 292 g/mol. The highest BCUT2D eigenvalue weighted by atomic mass is 16.6. The van der Waals surface area contributed by atoms with Crippen LogP contribution in [0.5, 0.6) is 0 Å². The Labute approximate surface area is 128 Å². The molecule has 1 N–H and O–H groups in total. The number of nitrogens with zero attached hydrogens (tertiary/aromatic N) is 1. The molecule has 4 heteroatoms. The number of rotatable bonds is 8. The highest BCUT2D eigenvalue weighted by molar-refractivity contribution is 5.35. The lowest BCUT2D eigenvalue weighted by atomic mass is 9.85. The minimum Gasteiger partial charge on any atom is -0.310 e. The second-order valence-corrected chi connectivity index (χ2v) is 6.37. The fraction of sp³-hybridized carbons (Fsp3) is 0.647. The Hall–Kier alpha value is -1.42. The summed E-state index contributed by atoms with van der Waals surface area (Å²) < 4.78 is 0. The minimum absolute atomic E-state index is 0.164. The number of nitrogens with one attached hydrogen (secondary N) is 1. The van der Waals surface area contributed by atoms with E-state index in [-0.39, 0.29) is 16.7 Å². The van der Waals surface area contributed by atoms with Crippen LogP contribution in [0.15, 0.2) is 24.3 Å². The summed E-state index contributed by atoms with van der Waals surface area (Å²) in [5.74, 6) is 1.86. The number of non-ortho nitro benzene ring substituents is 1. The topological polar surface area (TPSA) is 55.2 Å². The van der Waals surface area contributed by atoms with Gasteiger partial charge in [0.05, 0.1) is 4.92 Å². The summed E-state index contributed by atoms with van der Waals surface area (Å²) in [7, 11) is 0. The average Bonchev–Trinajstić information content (AvgIpc) is 2.42. The molecule has 0 aliphatic heterocycles. The van der Waals surface area contributed by atoms with Crippen molar-refractivity contribution in [2.45, 2.75) is 47.1 Å². The van der Waals surface area contributed by atoms with Crippen LogP contribution in [0.25, 0.3) is 0 Å². The molecule has 1 unspecified atom stereocenters. The van der Waals surface area contributed by atoms with Gasteiger partial charge in [-0.1, -0.05) is 46.8 Å². The van der Waals surface area contributed by atoms with Crippen LogP contribution in [0.4, 0.5) is 5.69 Å². The number of nitro groups is 1. The second kappa shape index (κ2) is 8.13. The van der Waals surface area contributed by atoms with E-state index in [1.807, 2.05) is 6.07 Å². The van der Waals surface area contributed by atoms with Crippen LogP contribution < -0.4 is 5.32 Å². The molecule has 1 rings (SSSR count). The summed E-state index contributed by atoms with van der Waals surface area (Å²) >= 11 is 0. The normalized spacial score (nSPS) is 13.1. The van der Waals surface area contributed by atoms with Gasteiger partial charge in [-0.2, -0.15) is 0 Å². The van der Waals surface area contributed by atoms with Crippen molar-refractivity contribution in [3.8, 4) is 0 Å². The first-order chi connectivity index (χ1) is 9.86. The van der Waals surface area contributed by atoms with E-state index in [4.69, 9.17) is 0 Å². The van der Waals surface area contributed by atoms with Crippen molar-refractivity contribution in [1.29, 1.82) is 0 Å². The van der Waals surface area contributed by atoms with Gasteiger partial charge in [0.1, 0.15) is 0 Å². The molecule has 0 spiro atoms. The molecule has 0 heterocycles. The van der Waals surface area contributed by atoms with Crippen molar-refractivity contribution < 1.29 is 4.92 Å². The summed E-state index contributed by atoms with van der Waals surface area (Å²) in [5, 5.41) is 14.5. The Kier molecular flexibility index (Phi) is 6.82. The third-order valence-electron chi connectivity index (χ3n) is 4.20. The summed E-state index contributed by atoms with van der Waals surface area (Å²) in [6.45, 7) is 12.1. The van der Waals surface area contributed by atoms with Crippen LogP contribution in [-0.4, -0.2) is 11.5 Å². The lowest BCUT2D eigenvalue weighted by Crippen LogP contribution is -2.32. The molecule has 0 bridgehead atoms. The van der Waals surface area contributed by atoms with Crippen molar-refractivity contribution in [2.24, 2.45) is 17.8 Å². The van der Waals surface area contributed by atoms with E-state index in [0.29, 0.717) is 17.8 Å². The molecule has 118 valence electrons. The molecule has 1 atom stereocenters. The first-order valence-electron chi connectivity index (χ1n) is 7.84. The third kappa shape index (κ3) is 5.12. The zero-order chi connectivity index (χ0) is 16.0. The fourth-order valence-corrected chi connectivity index (χ4v) is 2.87. The van der Waals surface area contributed by atoms with Gasteiger partial charge in [0.15, 0.2) is 0 Å². The van der Waals surface area contributed by atoms with Crippen LogP contribution in [0, 0.1) is 27.9 Å². The lowest BCUT2D eigenvalue weighted by Gasteiger charge is -2.28. The van der Waals surface area contributed by atoms with Crippen LogP contribution in [0.1, 0.15) is 52.6 Å². The van der Waals surface area contributed by atoms with Gasteiger partial charge >= 0.3 is 0 Å². The molecule has 4 nitrogen and oxygen atoms in total. The highest BCUT2D eigenvalue weighted by Crippen LogP contribution is 2.24. The highest BCUT2D eigenvalue weighted by Gasteiger charge is 2.20. The van der Waals surface area contributed by atoms with Gasteiger partial charge < -0.3 is 5.32 Å². The lowest BCUT2D eigenvalue weighted by molar-refractivity contribution is -0.384. The minimum atomic E-state index is -0.332. The van der Waals surface area contributed by atoms with Crippen LogP contribution in [0.2, 0.25) is 0 Å². The van der Waals surface area contributed by atoms with Gasteiger partial charge in [0, 0.05) is 18.2 Å². The molecule has 0 aromatic heterocycles. The van der Waals surface area contributed by atoms with Crippen molar-refractivity contribution >= 4 is 5.69 Å². The summed E-state index contributed by atoms with van der Waals surface area (Å²) in [6, 6.07) is 7.13. The number of benzene rings is 1. The van der Waals surface area contributed by atoms with Gasteiger partial charge in [-0.3, -0.25) is 10.1 Å². The second-order valence-electron chi connectivity index (χ2n) is 6.37. The Morgan fingerprint density at radius 1 is 1.19 bits per heavy atom. The molecular weight excluding hydrogens is 264 g/mol. The predicted molar refractivity (Wildman–Crippen MR) is 87.3 cm³/mol. The van der Waals surface area contributed by atoms with Gasteiger partial charge in [-0.05, 0) is 36.3 Å². The largest absolute Gasteiger partial charge is 0.310 e. The van der Waals surface area contributed by atoms with Gasteiger partial charge in [-0.25, -0.2) is 0 Å². The van der Waals surface area contributed by atoms with E-state index in [1.165, 1.54) is 0 Å². The van der Waals surface area contributed by atoms with E-state index >= 15 is 0 Å². The van der Waals surface area contributed by atoms with E-state index < -0.39 is 0 Å². The maximum absolute atomic E-state index is 10.9. The third-order valence-corrected chi connectivity index (χ3v) is 4.20. The Bertz CT molecular complexity index is 450. The number of nitro benzene ring substituents is 1. The van der Waals surface area contributed by atoms with Gasteiger partial charge in [0.25, 0.3) is 5.69 Å². The molecule has 21 heavy (non-hydrogen) atoms. The van der Waals surface area contributed by atoms with Crippen LogP contribution >= 0.6 is 0 Å². The number of hydrogen-bond donors (Lipinski definition) is 1. The molecule has 0 aliphatic carbocycles. The van der Waals surface area contributed by atoms with Gasteiger partial charge in [-0.15, -0.1) is 0 Å². The van der Waals surface area contributed by atoms with Crippen LogP contribution in [0.3, 0.4) is 0 Å². The molecule has 0 aliphatic rings. The maximum atomic E-state index is 10.9. The zero-order valence-electron chi connectivity index (χ0n) is 13.8. The van der Waals surface area contributed by atoms with E-state index in [0.717, 1.165) is 18.5 Å². The molecule has 0 saturated carbocycles. The summed E-state index contributed by atoms with van der Waals surface area (Å²) in [6.07, 6.45) is 0.921. The van der Waals surface area contributed by atoms with Gasteiger partial charge in [0.2, 0.25) is 0 Å². The zero-order valence-corrected chi connectivity index (χ0v) is 13.8. The first kappa shape index (κ1) is 17.6. The average molecular weight is 292 g/mol. The standard InChI is InChI=1S/C17H28N2O2/c1-6-17(18-11-16(12(2)3)13(4)5)14-8-7-9-15(10-14)19(20)21/h7-10,12-13,16-18H,6,11H2,1-5H3. The molecule has 1 aromatic rings. The Morgan fingerprint density at radius 3 is 2.29 bits per heavy atom. The SMILES string of the molecule is CCC(NCC(C(C)C)C(C)C)c1cccc([N+](=O)[O-])c1. The predicted octanol–water partition coefficient (Wildman–Crippen LogP) is 4.56. The van der Waals surface area contributed by atoms with E-state index in [1.54, 1.807) is 18.2 Å². The maximum Gasteiger partial charge on any atom is 0.269 e. The van der Waals surface area contributed by atoms with E-state index in [9.17, 15) is 10.1 Å². The van der Waals surface area contributed by atoms with Crippen LogP contribution in [-0.2, 0) is 0 Å². The Balaban J connectivity index is 2.79. The van der Waals surface area contributed by atoms with Crippen molar-refractivity contribution in [2.75, 3.05) is 6.54 Å². The summed E-state index contributed by atoms with van der Waals surface area (Å²) in [5.41, 5.74) is 1.16. The molecular formula is C17H28N2O2. The van der Waals surface area contributed by atoms with E-state index in [2.05, 4.69) is 39.9 Å². The molecule has 1 aromatic carbocycles. The van der Waals surface area contributed by atoms with Crippen molar-refractivity contribution in [3.63, 3.8) is 0 Å². The smallest absolute Gasteiger partial charge is 0.269 e. The summed E-state index contributed by atoms with van der Waals surface area (Å²) in [4.78, 5) is 10.6. The first-order valence-corrected chi connectivity index (χ1v) is 7.84. The Morgan fingerprint density at radius 2 is 1.81 bits per heavy atom.